The van der Waals surface area contributed by atoms with Gasteiger partial charge in [-0.1, -0.05) is 0 Å². The SMILES string of the molecule is COc1ccc(-c2nccnc2[C@@H]2CN(S(=O)(=O)N(C)C)CCO2)cc1. The highest BCUT2D eigenvalue weighted by Gasteiger charge is 2.33. The standard InChI is InChI=1S/C17H22N4O4S/c1-20(2)26(22,23)21-10-11-25-15(12-21)17-16(18-8-9-19-17)13-4-6-14(24-3)7-5-13/h4-9,15H,10-12H2,1-3H3/t15-/m0/s1. The second kappa shape index (κ2) is 7.67. The van der Waals surface area contributed by atoms with Crippen LogP contribution in [0.25, 0.3) is 11.3 Å². The lowest BCUT2D eigenvalue weighted by Gasteiger charge is -2.33. The highest BCUT2D eigenvalue weighted by Crippen LogP contribution is 2.30. The normalized spacial score (nSPS) is 18.8. The monoisotopic (exact) mass is 378 g/mol. The maximum Gasteiger partial charge on any atom is 0.281 e. The molecule has 1 atom stereocenters. The fourth-order valence-corrected chi connectivity index (χ4v) is 3.88. The van der Waals surface area contributed by atoms with E-state index in [1.807, 2.05) is 24.3 Å². The zero-order chi connectivity index (χ0) is 18.7. The van der Waals surface area contributed by atoms with Crippen molar-refractivity contribution in [1.82, 2.24) is 18.6 Å². The molecule has 9 heteroatoms. The van der Waals surface area contributed by atoms with Gasteiger partial charge in [-0.2, -0.15) is 17.0 Å². The zero-order valence-corrected chi connectivity index (χ0v) is 15.8. The Labute approximate surface area is 153 Å². The number of nitrogens with zero attached hydrogens (tertiary/aromatic N) is 4. The van der Waals surface area contributed by atoms with Crippen molar-refractivity contribution in [3.63, 3.8) is 0 Å². The van der Waals surface area contributed by atoms with Crippen LogP contribution in [-0.4, -0.2) is 67.9 Å². The fraction of sp³-hybridized carbons (Fsp3) is 0.412. The maximum atomic E-state index is 12.4. The third-order valence-electron chi connectivity index (χ3n) is 4.21. The van der Waals surface area contributed by atoms with Crippen LogP contribution in [0.4, 0.5) is 0 Å². The minimum Gasteiger partial charge on any atom is -0.497 e. The van der Waals surface area contributed by atoms with Crippen molar-refractivity contribution >= 4 is 10.2 Å². The third-order valence-corrected chi connectivity index (χ3v) is 6.12. The zero-order valence-electron chi connectivity index (χ0n) is 15.0. The summed E-state index contributed by atoms with van der Waals surface area (Å²) < 4.78 is 38.5. The smallest absolute Gasteiger partial charge is 0.281 e. The van der Waals surface area contributed by atoms with Crippen LogP contribution in [0.1, 0.15) is 11.8 Å². The number of hydrogen-bond donors (Lipinski definition) is 0. The van der Waals surface area contributed by atoms with E-state index in [9.17, 15) is 8.42 Å². The Balaban J connectivity index is 1.92. The molecule has 1 aliphatic rings. The molecular weight excluding hydrogens is 356 g/mol. The van der Waals surface area contributed by atoms with Crippen molar-refractivity contribution in [2.24, 2.45) is 0 Å². The molecule has 8 nitrogen and oxygen atoms in total. The molecule has 2 heterocycles. The summed E-state index contributed by atoms with van der Waals surface area (Å²) in [6, 6.07) is 7.48. The number of hydrogen-bond acceptors (Lipinski definition) is 6. The molecule has 1 aromatic heterocycles. The molecule has 0 N–H and O–H groups in total. The van der Waals surface area contributed by atoms with Crippen LogP contribution in [0, 0.1) is 0 Å². The van der Waals surface area contributed by atoms with E-state index in [-0.39, 0.29) is 6.54 Å². The molecule has 0 saturated carbocycles. The number of ether oxygens (including phenoxy) is 2. The lowest BCUT2D eigenvalue weighted by molar-refractivity contribution is -0.00606. The first-order chi connectivity index (χ1) is 12.4. The molecule has 1 saturated heterocycles. The van der Waals surface area contributed by atoms with E-state index in [1.54, 1.807) is 19.5 Å². The van der Waals surface area contributed by atoms with E-state index in [1.165, 1.54) is 22.7 Å². The van der Waals surface area contributed by atoms with Crippen LogP contribution in [-0.2, 0) is 14.9 Å². The lowest BCUT2D eigenvalue weighted by atomic mass is 10.1. The Bertz CT molecular complexity index is 855. The van der Waals surface area contributed by atoms with E-state index in [0.29, 0.717) is 24.5 Å². The summed E-state index contributed by atoms with van der Waals surface area (Å²) in [6.45, 7) is 0.813. The number of aromatic nitrogens is 2. The van der Waals surface area contributed by atoms with Crippen molar-refractivity contribution < 1.29 is 17.9 Å². The van der Waals surface area contributed by atoms with E-state index in [0.717, 1.165) is 11.3 Å². The molecule has 140 valence electrons. The van der Waals surface area contributed by atoms with Gasteiger partial charge in [0, 0.05) is 45.1 Å². The van der Waals surface area contributed by atoms with Gasteiger partial charge >= 0.3 is 0 Å². The molecule has 26 heavy (non-hydrogen) atoms. The van der Waals surface area contributed by atoms with Crippen molar-refractivity contribution in [2.75, 3.05) is 40.9 Å². The van der Waals surface area contributed by atoms with Gasteiger partial charge in [0.05, 0.1) is 25.1 Å². The van der Waals surface area contributed by atoms with Gasteiger partial charge in [-0.3, -0.25) is 9.97 Å². The van der Waals surface area contributed by atoms with Crippen LogP contribution in [0.2, 0.25) is 0 Å². The van der Waals surface area contributed by atoms with Gasteiger partial charge in [-0.05, 0) is 24.3 Å². The van der Waals surface area contributed by atoms with E-state index >= 15 is 0 Å². The van der Waals surface area contributed by atoms with Gasteiger partial charge in [0.15, 0.2) is 0 Å². The Morgan fingerprint density at radius 1 is 1.19 bits per heavy atom. The highest BCUT2D eigenvalue weighted by atomic mass is 32.2. The highest BCUT2D eigenvalue weighted by molar-refractivity contribution is 7.86. The lowest BCUT2D eigenvalue weighted by Crippen LogP contribution is -2.47. The molecule has 0 unspecified atom stereocenters. The van der Waals surface area contributed by atoms with Crippen molar-refractivity contribution in [1.29, 1.82) is 0 Å². The summed E-state index contributed by atoms with van der Waals surface area (Å²) in [4.78, 5) is 8.87. The van der Waals surface area contributed by atoms with Crippen LogP contribution < -0.4 is 4.74 Å². The van der Waals surface area contributed by atoms with E-state index in [2.05, 4.69) is 9.97 Å². The van der Waals surface area contributed by atoms with Crippen molar-refractivity contribution in [3.8, 4) is 17.0 Å². The van der Waals surface area contributed by atoms with E-state index in [4.69, 9.17) is 9.47 Å². The fourth-order valence-electron chi connectivity index (χ4n) is 2.79. The van der Waals surface area contributed by atoms with E-state index < -0.39 is 16.3 Å². The molecule has 0 radical (unpaired) electrons. The quantitative estimate of drug-likeness (QED) is 0.780. The van der Waals surface area contributed by atoms with Gasteiger partial charge in [0.25, 0.3) is 10.2 Å². The molecule has 0 spiro atoms. The molecule has 0 bridgehead atoms. The van der Waals surface area contributed by atoms with Gasteiger partial charge in [0.1, 0.15) is 11.9 Å². The molecule has 1 aromatic carbocycles. The Morgan fingerprint density at radius 2 is 1.88 bits per heavy atom. The summed E-state index contributed by atoms with van der Waals surface area (Å²) >= 11 is 0. The van der Waals surface area contributed by atoms with Gasteiger partial charge < -0.3 is 9.47 Å². The predicted octanol–water partition coefficient (Wildman–Crippen LogP) is 1.33. The number of benzene rings is 1. The molecule has 1 fully saturated rings. The topological polar surface area (TPSA) is 84.9 Å². The predicted molar refractivity (Wildman–Crippen MR) is 96.9 cm³/mol. The summed E-state index contributed by atoms with van der Waals surface area (Å²) in [5, 5.41) is 0. The number of rotatable bonds is 5. The van der Waals surface area contributed by atoms with Crippen LogP contribution in [0.3, 0.4) is 0 Å². The molecular formula is C17H22N4O4S. The summed E-state index contributed by atoms with van der Waals surface area (Å²) in [7, 11) is 1.14. The van der Waals surface area contributed by atoms with Gasteiger partial charge in [-0.25, -0.2) is 0 Å². The first-order valence-electron chi connectivity index (χ1n) is 8.18. The Kier molecular flexibility index (Phi) is 5.52. The van der Waals surface area contributed by atoms with Crippen LogP contribution in [0.15, 0.2) is 36.7 Å². The average molecular weight is 378 g/mol. The second-order valence-electron chi connectivity index (χ2n) is 6.03. The van der Waals surface area contributed by atoms with Gasteiger partial charge in [0.2, 0.25) is 0 Å². The second-order valence-corrected chi connectivity index (χ2v) is 8.17. The number of methoxy groups -OCH3 is 1. The Hall–Kier alpha value is -2.07. The minimum atomic E-state index is -3.51. The molecule has 1 aliphatic heterocycles. The maximum absolute atomic E-state index is 12.4. The first kappa shape index (κ1) is 18.7. The van der Waals surface area contributed by atoms with Crippen LogP contribution in [0.5, 0.6) is 5.75 Å². The molecule has 2 aromatic rings. The van der Waals surface area contributed by atoms with Crippen molar-refractivity contribution in [3.05, 3.63) is 42.4 Å². The molecule has 3 rings (SSSR count). The summed E-state index contributed by atoms with van der Waals surface area (Å²) in [5.74, 6) is 0.747. The van der Waals surface area contributed by atoms with Crippen molar-refractivity contribution in [2.45, 2.75) is 6.10 Å². The third kappa shape index (κ3) is 3.70. The van der Waals surface area contributed by atoms with Crippen LogP contribution >= 0.6 is 0 Å². The van der Waals surface area contributed by atoms with Gasteiger partial charge in [-0.15, -0.1) is 0 Å². The largest absolute Gasteiger partial charge is 0.497 e. The molecule has 0 amide bonds. The number of morpholine rings is 1. The average Bonchev–Trinajstić information content (AvgIpc) is 2.68. The first-order valence-corrected chi connectivity index (χ1v) is 9.57. The Morgan fingerprint density at radius 3 is 2.54 bits per heavy atom. The summed E-state index contributed by atoms with van der Waals surface area (Å²) in [5.41, 5.74) is 2.16. The summed E-state index contributed by atoms with van der Waals surface area (Å²) in [6.07, 6.45) is 2.72. The molecule has 0 aliphatic carbocycles. The minimum absolute atomic E-state index is 0.197.